The molecule has 0 aliphatic heterocycles. The molecule has 0 saturated carbocycles. The molecule has 0 aromatic carbocycles. The maximum atomic E-state index is 11.3. The van der Waals surface area contributed by atoms with E-state index in [0.29, 0.717) is 5.75 Å². The number of imidazole rings is 1. The van der Waals surface area contributed by atoms with Crippen molar-refractivity contribution in [2.75, 3.05) is 11.5 Å². The zero-order valence-electron chi connectivity index (χ0n) is 8.33. The van der Waals surface area contributed by atoms with Crippen molar-refractivity contribution < 1.29 is 14.1 Å². The fourth-order valence-electron chi connectivity index (χ4n) is 1.13. The molecule has 0 radical (unpaired) electrons. The molecule has 0 amide bonds. The van der Waals surface area contributed by atoms with E-state index in [1.54, 1.807) is 12.5 Å². The van der Waals surface area contributed by atoms with Gasteiger partial charge in [0.15, 0.2) is 0 Å². The number of aromatic nitrogens is 2. The third-order valence-corrected chi connectivity index (χ3v) is 3.29. The van der Waals surface area contributed by atoms with Crippen LogP contribution in [0.15, 0.2) is 18.7 Å². The Bertz CT molecular complexity index is 324. The van der Waals surface area contributed by atoms with Crippen LogP contribution in [0.5, 0.6) is 0 Å². The van der Waals surface area contributed by atoms with Gasteiger partial charge in [-0.1, -0.05) is 0 Å². The lowest BCUT2D eigenvalue weighted by Gasteiger charge is -2.01. The Hall–Kier alpha value is -1.17. The van der Waals surface area contributed by atoms with Gasteiger partial charge in [0.1, 0.15) is 0 Å². The maximum Gasteiger partial charge on any atom is 0.304 e. The van der Waals surface area contributed by atoms with Gasteiger partial charge in [-0.2, -0.15) is 0 Å². The van der Waals surface area contributed by atoms with Crippen molar-refractivity contribution in [2.24, 2.45) is 0 Å². The number of rotatable bonds is 7. The Morgan fingerprint density at radius 2 is 2.27 bits per heavy atom. The summed E-state index contributed by atoms with van der Waals surface area (Å²) in [7, 11) is -1.02. The average molecular weight is 230 g/mol. The number of aliphatic carboxylic acids is 1. The minimum absolute atomic E-state index is 0.0162. The molecule has 1 atom stereocenters. The van der Waals surface area contributed by atoms with Gasteiger partial charge in [0, 0.05) is 41.2 Å². The van der Waals surface area contributed by atoms with Crippen molar-refractivity contribution >= 4 is 16.8 Å². The highest BCUT2D eigenvalue weighted by atomic mass is 32.2. The van der Waals surface area contributed by atoms with Gasteiger partial charge in [0.2, 0.25) is 0 Å². The summed E-state index contributed by atoms with van der Waals surface area (Å²) in [5.41, 5.74) is 0. The molecule has 6 heteroatoms. The predicted octanol–water partition coefficient (Wildman–Crippen LogP) is 0.497. The highest BCUT2D eigenvalue weighted by molar-refractivity contribution is 7.84. The molecule has 0 fully saturated rings. The number of nitrogens with zero attached hydrogens (tertiary/aromatic N) is 2. The van der Waals surface area contributed by atoms with Crippen molar-refractivity contribution in [3.63, 3.8) is 0 Å². The molecular weight excluding hydrogens is 216 g/mol. The summed E-state index contributed by atoms with van der Waals surface area (Å²) >= 11 is 0. The summed E-state index contributed by atoms with van der Waals surface area (Å²) in [4.78, 5) is 14.1. The van der Waals surface area contributed by atoms with Gasteiger partial charge < -0.3 is 9.67 Å². The number of hydrogen-bond acceptors (Lipinski definition) is 3. The van der Waals surface area contributed by atoms with Crippen molar-refractivity contribution in [3.8, 4) is 0 Å². The van der Waals surface area contributed by atoms with Crippen LogP contribution < -0.4 is 0 Å². The fourth-order valence-corrected chi connectivity index (χ4v) is 2.19. The lowest BCUT2D eigenvalue weighted by Crippen LogP contribution is -2.09. The van der Waals surface area contributed by atoms with Crippen LogP contribution in [0.1, 0.15) is 12.8 Å². The van der Waals surface area contributed by atoms with E-state index in [4.69, 9.17) is 5.11 Å². The van der Waals surface area contributed by atoms with E-state index in [2.05, 4.69) is 4.98 Å². The molecule has 1 heterocycles. The monoisotopic (exact) mass is 230 g/mol. The van der Waals surface area contributed by atoms with Gasteiger partial charge in [-0.25, -0.2) is 4.98 Å². The Morgan fingerprint density at radius 1 is 1.47 bits per heavy atom. The highest BCUT2D eigenvalue weighted by Crippen LogP contribution is 1.95. The Morgan fingerprint density at radius 3 is 2.87 bits per heavy atom. The predicted molar refractivity (Wildman–Crippen MR) is 57.0 cm³/mol. The van der Waals surface area contributed by atoms with Crippen LogP contribution in [0, 0.1) is 0 Å². The zero-order chi connectivity index (χ0) is 11.1. The number of carbonyl (C=O) groups is 1. The molecule has 0 aliphatic rings. The smallest absolute Gasteiger partial charge is 0.304 e. The molecule has 84 valence electrons. The minimum Gasteiger partial charge on any atom is -0.481 e. The fraction of sp³-hybridized carbons (Fsp3) is 0.556. The number of hydrogen-bond donors (Lipinski definition) is 1. The highest BCUT2D eigenvalue weighted by Gasteiger charge is 2.03. The second-order valence-corrected chi connectivity index (χ2v) is 4.84. The van der Waals surface area contributed by atoms with E-state index in [1.807, 2.05) is 10.8 Å². The third kappa shape index (κ3) is 5.31. The molecule has 1 N–H and O–H groups in total. The first-order valence-electron chi connectivity index (χ1n) is 4.71. The Kier molecular flexibility index (Phi) is 5.03. The van der Waals surface area contributed by atoms with Crippen molar-refractivity contribution in [2.45, 2.75) is 19.4 Å². The van der Waals surface area contributed by atoms with E-state index in [0.717, 1.165) is 13.0 Å². The molecule has 1 unspecified atom stereocenters. The SMILES string of the molecule is O=C(O)CCS(=O)CCCn1ccnc1. The van der Waals surface area contributed by atoms with Gasteiger partial charge in [0.05, 0.1) is 12.7 Å². The van der Waals surface area contributed by atoms with Gasteiger partial charge in [-0.15, -0.1) is 0 Å². The third-order valence-electron chi connectivity index (χ3n) is 1.89. The van der Waals surface area contributed by atoms with Crippen molar-refractivity contribution in [1.82, 2.24) is 9.55 Å². The number of carboxylic acids is 1. The van der Waals surface area contributed by atoms with Crippen molar-refractivity contribution in [3.05, 3.63) is 18.7 Å². The van der Waals surface area contributed by atoms with Crippen LogP contribution in [0.3, 0.4) is 0 Å². The molecule has 0 spiro atoms. The maximum absolute atomic E-state index is 11.3. The summed E-state index contributed by atoms with van der Waals surface area (Å²) in [6.07, 6.45) is 6.02. The first-order valence-corrected chi connectivity index (χ1v) is 6.20. The molecule has 15 heavy (non-hydrogen) atoms. The molecule has 1 aromatic rings. The molecule has 1 rings (SSSR count). The quantitative estimate of drug-likeness (QED) is 0.740. The number of carboxylic acid groups (broad SMARTS) is 1. The molecule has 0 saturated heterocycles. The lowest BCUT2D eigenvalue weighted by molar-refractivity contribution is -0.136. The van der Waals surface area contributed by atoms with Gasteiger partial charge >= 0.3 is 5.97 Å². The largest absolute Gasteiger partial charge is 0.481 e. The molecule has 1 aromatic heterocycles. The van der Waals surface area contributed by atoms with E-state index < -0.39 is 16.8 Å². The first-order chi connectivity index (χ1) is 7.18. The van der Waals surface area contributed by atoms with E-state index in [9.17, 15) is 9.00 Å². The van der Waals surface area contributed by atoms with E-state index in [1.165, 1.54) is 0 Å². The van der Waals surface area contributed by atoms with Crippen LogP contribution in [0.2, 0.25) is 0 Å². The minimum atomic E-state index is -1.02. The molecular formula is C9H14N2O3S. The Balaban J connectivity index is 2.09. The topological polar surface area (TPSA) is 72.2 Å². The van der Waals surface area contributed by atoms with Gasteiger partial charge in [-0.05, 0) is 6.42 Å². The first kappa shape index (κ1) is 11.9. The van der Waals surface area contributed by atoms with Crippen LogP contribution >= 0.6 is 0 Å². The average Bonchev–Trinajstić information content (AvgIpc) is 2.67. The Labute approximate surface area is 90.6 Å². The second-order valence-electron chi connectivity index (χ2n) is 3.15. The molecule has 0 aliphatic carbocycles. The van der Waals surface area contributed by atoms with E-state index in [-0.39, 0.29) is 12.2 Å². The number of aryl methyl sites for hydroxylation is 1. The molecule has 0 bridgehead atoms. The van der Waals surface area contributed by atoms with Crippen molar-refractivity contribution in [1.29, 1.82) is 0 Å². The lowest BCUT2D eigenvalue weighted by atomic mass is 10.5. The van der Waals surface area contributed by atoms with E-state index >= 15 is 0 Å². The normalized spacial score (nSPS) is 12.5. The summed E-state index contributed by atoms with van der Waals surface area (Å²) in [5, 5.41) is 8.39. The van der Waals surface area contributed by atoms with Crippen LogP contribution in [0.25, 0.3) is 0 Å². The van der Waals surface area contributed by atoms with Gasteiger partial charge in [0.25, 0.3) is 0 Å². The van der Waals surface area contributed by atoms with Crippen LogP contribution in [-0.4, -0.2) is 36.3 Å². The summed E-state index contributed by atoms with van der Waals surface area (Å²) < 4.78 is 13.2. The van der Waals surface area contributed by atoms with Crippen LogP contribution in [-0.2, 0) is 22.1 Å². The van der Waals surface area contributed by atoms with Gasteiger partial charge in [-0.3, -0.25) is 9.00 Å². The standard InChI is InChI=1S/C9H14N2O3S/c12-9(13)2-7-15(14)6-1-4-11-5-3-10-8-11/h3,5,8H,1-2,4,6-7H2,(H,12,13). The summed E-state index contributed by atoms with van der Waals surface area (Å²) in [5.74, 6) is -0.0944. The molecule has 5 nitrogen and oxygen atoms in total. The van der Waals surface area contributed by atoms with Crippen LogP contribution in [0.4, 0.5) is 0 Å². The summed E-state index contributed by atoms with van der Waals surface area (Å²) in [6, 6.07) is 0. The zero-order valence-corrected chi connectivity index (χ0v) is 9.15. The summed E-state index contributed by atoms with van der Waals surface area (Å²) in [6.45, 7) is 0.777. The second kappa shape index (κ2) is 6.34.